The number of rotatable bonds is 2. The summed E-state index contributed by atoms with van der Waals surface area (Å²) < 4.78 is 6.54. The zero-order valence-electron chi connectivity index (χ0n) is 13.7. The standard InChI is InChI=1S/C17H22BrN3O2/c1-17(2,3)23-16(22)21-8-4-5-12(21)10-15-19-13-7-6-11(18)9-14(13)20-15/h6-7,9,12H,4-5,8,10H2,1-3H3,(H,19,20)/t12-/m0/s1. The second-order valence-corrected chi connectivity index (χ2v) is 7.93. The molecule has 3 rings (SSSR count). The van der Waals surface area contributed by atoms with Crippen molar-refractivity contribution in [2.45, 2.75) is 51.7 Å². The average molecular weight is 380 g/mol. The monoisotopic (exact) mass is 379 g/mol. The molecule has 1 amide bonds. The molecule has 6 heteroatoms. The van der Waals surface area contributed by atoms with Crippen LogP contribution in [0.4, 0.5) is 4.79 Å². The molecule has 1 atom stereocenters. The number of H-pyrrole nitrogens is 1. The number of amides is 1. The number of benzene rings is 1. The molecule has 1 aromatic heterocycles. The van der Waals surface area contributed by atoms with Gasteiger partial charge in [-0.15, -0.1) is 0 Å². The van der Waals surface area contributed by atoms with E-state index in [0.717, 1.165) is 47.1 Å². The quantitative estimate of drug-likeness (QED) is 0.847. The third-order valence-electron chi connectivity index (χ3n) is 3.93. The number of hydrogen-bond acceptors (Lipinski definition) is 3. The molecule has 2 aromatic rings. The van der Waals surface area contributed by atoms with Crippen molar-refractivity contribution in [1.29, 1.82) is 0 Å². The Morgan fingerprint density at radius 3 is 3.00 bits per heavy atom. The molecule has 0 bridgehead atoms. The van der Waals surface area contributed by atoms with Gasteiger partial charge in [0.1, 0.15) is 11.4 Å². The Morgan fingerprint density at radius 1 is 1.48 bits per heavy atom. The first kappa shape index (κ1) is 16.3. The van der Waals surface area contributed by atoms with Crippen LogP contribution in [0.2, 0.25) is 0 Å². The molecule has 1 saturated heterocycles. The predicted molar refractivity (Wildman–Crippen MR) is 93.5 cm³/mol. The highest BCUT2D eigenvalue weighted by molar-refractivity contribution is 9.10. The van der Waals surface area contributed by atoms with E-state index in [4.69, 9.17) is 4.74 Å². The summed E-state index contributed by atoms with van der Waals surface area (Å²) in [7, 11) is 0. The van der Waals surface area contributed by atoms with Gasteiger partial charge in [0.15, 0.2) is 0 Å². The third-order valence-corrected chi connectivity index (χ3v) is 4.42. The number of fused-ring (bicyclic) bond motifs is 1. The van der Waals surface area contributed by atoms with E-state index in [1.807, 2.05) is 43.9 Å². The Hall–Kier alpha value is -1.56. The van der Waals surface area contributed by atoms with Crippen LogP contribution in [0.1, 0.15) is 39.4 Å². The van der Waals surface area contributed by atoms with Crippen LogP contribution in [0.25, 0.3) is 11.0 Å². The Labute approximate surface area is 144 Å². The molecule has 1 N–H and O–H groups in total. The molecule has 0 spiro atoms. The summed E-state index contributed by atoms with van der Waals surface area (Å²) in [6, 6.07) is 6.13. The van der Waals surface area contributed by atoms with Crippen LogP contribution >= 0.6 is 15.9 Å². The molecule has 1 aliphatic rings. The van der Waals surface area contributed by atoms with E-state index in [1.54, 1.807) is 0 Å². The van der Waals surface area contributed by atoms with Gasteiger partial charge in [-0.05, 0) is 51.8 Å². The van der Waals surface area contributed by atoms with Crippen molar-refractivity contribution in [3.8, 4) is 0 Å². The van der Waals surface area contributed by atoms with Crippen molar-refractivity contribution in [3.63, 3.8) is 0 Å². The van der Waals surface area contributed by atoms with Gasteiger partial charge in [-0.1, -0.05) is 15.9 Å². The smallest absolute Gasteiger partial charge is 0.410 e. The maximum absolute atomic E-state index is 12.3. The topological polar surface area (TPSA) is 58.2 Å². The minimum atomic E-state index is -0.462. The van der Waals surface area contributed by atoms with Gasteiger partial charge in [0.25, 0.3) is 0 Å². The largest absolute Gasteiger partial charge is 0.444 e. The van der Waals surface area contributed by atoms with E-state index in [9.17, 15) is 4.79 Å². The number of nitrogens with zero attached hydrogens (tertiary/aromatic N) is 2. The molecule has 1 fully saturated rings. The summed E-state index contributed by atoms with van der Waals surface area (Å²) in [4.78, 5) is 22.2. The number of aromatic nitrogens is 2. The summed E-state index contributed by atoms with van der Waals surface area (Å²) >= 11 is 3.47. The highest BCUT2D eigenvalue weighted by atomic mass is 79.9. The fourth-order valence-corrected chi connectivity index (χ4v) is 3.32. The summed E-state index contributed by atoms with van der Waals surface area (Å²) in [5, 5.41) is 0. The number of likely N-dealkylation sites (tertiary alicyclic amines) is 1. The van der Waals surface area contributed by atoms with E-state index < -0.39 is 5.60 Å². The first-order chi connectivity index (χ1) is 10.8. The minimum Gasteiger partial charge on any atom is -0.444 e. The Balaban J connectivity index is 1.73. The number of nitrogens with one attached hydrogen (secondary N) is 1. The van der Waals surface area contributed by atoms with Crippen LogP contribution < -0.4 is 0 Å². The summed E-state index contributed by atoms with van der Waals surface area (Å²) in [6.45, 7) is 6.44. The Bertz CT molecular complexity index is 720. The van der Waals surface area contributed by atoms with E-state index in [1.165, 1.54) is 0 Å². The van der Waals surface area contributed by atoms with Gasteiger partial charge >= 0.3 is 6.09 Å². The lowest BCUT2D eigenvalue weighted by Crippen LogP contribution is -2.40. The number of carbonyl (C=O) groups excluding carboxylic acids is 1. The lowest BCUT2D eigenvalue weighted by Gasteiger charge is -2.28. The van der Waals surface area contributed by atoms with Gasteiger partial charge in [0.05, 0.1) is 11.0 Å². The van der Waals surface area contributed by atoms with Crippen LogP contribution in [0.5, 0.6) is 0 Å². The van der Waals surface area contributed by atoms with Gasteiger partial charge < -0.3 is 14.6 Å². The van der Waals surface area contributed by atoms with Gasteiger partial charge in [0, 0.05) is 23.5 Å². The van der Waals surface area contributed by atoms with Gasteiger partial charge in [0.2, 0.25) is 0 Å². The number of imidazole rings is 1. The fraction of sp³-hybridized carbons (Fsp3) is 0.529. The molecule has 23 heavy (non-hydrogen) atoms. The SMILES string of the molecule is CC(C)(C)OC(=O)N1CCC[C@H]1Cc1nc2ccc(Br)cc2[nH]1. The predicted octanol–water partition coefficient (Wildman–Crippen LogP) is 4.27. The van der Waals surface area contributed by atoms with Crippen molar-refractivity contribution in [3.05, 3.63) is 28.5 Å². The highest BCUT2D eigenvalue weighted by Crippen LogP contribution is 2.24. The molecular formula is C17H22BrN3O2. The zero-order valence-corrected chi connectivity index (χ0v) is 15.3. The minimum absolute atomic E-state index is 0.147. The van der Waals surface area contributed by atoms with Crippen molar-refractivity contribution in [2.75, 3.05) is 6.54 Å². The Morgan fingerprint density at radius 2 is 2.26 bits per heavy atom. The van der Waals surface area contributed by atoms with E-state index >= 15 is 0 Å². The van der Waals surface area contributed by atoms with Crippen LogP contribution in [0, 0.1) is 0 Å². The van der Waals surface area contributed by atoms with Gasteiger partial charge in [-0.2, -0.15) is 0 Å². The molecule has 124 valence electrons. The normalized spacial score (nSPS) is 18.6. The molecule has 2 heterocycles. The first-order valence-electron chi connectivity index (χ1n) is 7.95. The van der Waals surface area contributed by atoms with Gasteiger partial charge in [-0.3, -0.25) is 0 Å². The maximum atomic E-state index is 12.3. The van der Waals surface area contributed by atoms with Crippen molar-refractivity contribution in [1.82, 2.24) is 14.9 Å². The molecule has 1 aromatic carbocycles. The summed E-state index contributed by atoms with van der Waals surface area (Å²) in [6.07, 6.45) is 2.50. The second-order valence-electron chi connectivity index (χ2n) is 7.02. The molecule has 0 radical (unpaired) electrons. The average Bonchev–Trinajstić information content (AvgIpc) is 3.02. The van der Waals surface area contributed by atoms with Crippen molar-refractivity contribution >= 4 is 33.1 Å². The van der Waals surface area contributed by atoms with Crippen LogP contribution in [-0.4, -0.2) is 39.1 Å². The molecule has 0 saturated carbocycles. The van der Waals surface area contributed by atoms with E-state index in [-0.39, 0.29) is 12.1 Å². The molecule has 1 aliphatic heterocycles. The van der Waals surface area contributed by atoms with Crippen molar-refractivity contribution < 1.29 is 9.53 Å². The van der Waals surface area contributed by atoms with E-state index in [2.05, 4.69) is 25.9 Å². The first-order valence-corrected chi connectivity index (χ1v) is 8.75. The summed E-state index contributed by atoms with van der Waals surface area (Å²) in [5.41, 5.74) is 1.50. The van der Waals surface area contributed by atoms with Crippen LogP contribution in [0.3, 0.4) is 0 Å². The van der Waals surface area contributed by atoms with Crippen LogP contribution in [-0.2, 0) is 11.2 Å². The maximum Gasteiger partial charge on any atom is 0.410 e. The van der Waals surface area contributed by atoms with Crippen molar-refractivity contribution in [2.24, 2.45) is 0 Å². The summed E-state index contributed by atoms with van der Waals surface area (Å²) in [5.74, 6) is 0.915. The lowest BCUT2D eigenvalue weighted by atomic mass is 10.1. The zero-order chi connectivity index (χ0) is 16.6. The molecule has 0 unspecified atom stereocenters. The molecule has 0 aliphatic carbocycles. The fourth-order valence-electron chi connectivity index (χ4n) is 2.96. The molecule has 5 nitrogen and oxygen atoms in total. The van der Waals surface area contributed by atoms with E-state index in [0.29, 0.717) is 0 Å². The highest BCUT2D eigenvalue weighted by Gasteiger charge is 2.32. The number of aromatic amines is 1. The third kappa shape index (κ3) is 3.86. The second kappa shape index (κ2) is 6.15. The number of ether oxygens (including phenoxy) is 1. The van der Waals surface area contributed by atoms with Gasteiger partial charge in [-0.25, -0.2) is 9.78 Å². The molecular weight excluding hydrogens is 358 g/mol. The van der Waals surface area contributed by atoms with Crippen LogP contribution in [0.15, 0.2) is 22.7 Å². The lowest BCUT2D eigenvalue weighted by molar-refractivity contribution is 0.0226. The number of carbonyl (C=O) groups is 1. The number of hydrogen-bond donors (Lipinski definition) is 1. The Kier molecular flexibility index (Phi) is 4.36. The number of halogens is 1.